The fourth-order valence-electron chi connectivity index (χ4n) is 4.34. The Hall–Kier alpha value is -4.14. The van der Waals surface area contributed by atoms with Crippen molar-refractivity contribution in [3.05, 3.63) is 54.2 Å². The lowest BCUT2D eigenvalue weighted by Gasteiger charge is -2.18. The van der Waals surface area contributed by atoms with Crippen molar-refractivity contribution in [1.29, 1.82) is 0 Å². The summed E-state index contributed by atoms with van der Waals surface area (Å²) in [5, 5.41) is 0.976. The molecule has 186 valence electrons. The molecule has 1 aliphatic heterocycles. The highest BCUT2D eigenvalue weighted by Crippen LogP contribution is 2.33. The number of benzene rings is 2. The summed E-state index contributed by atoms with van der Waals surface area (Å²) in [6.07, 6.45) is 2.27. The van der Waals surface area contributed by atoms with Gasteiger partial charge in [0, 0.05) is 38.1 Å². The summed E-state index contributed by atoms with van der Waals surface area (Å²) in [5.41, 5.74) is 3.28. The summed E-state index contributed by atoms with van der Waals surface area (Å²) in [6, 6.07) is 15.9. The van der Waals surface area contributed by atoms with Gasteiger partial charge in [0.15, 0.2) is 11.5 Å². The smallest absolute Gasteiger partial charge is 0.319 e. The number of aromatic nitrogens is 4. The fourth-order valence-corrected chi connectivity index (χ4v) is 4.34. The summed E-state index contributed by atoms with van der Waals surface area (Å²) in [4.78, 5) is 23.1. The Bertz CT molecular complexity index is 1370. The number of anilines is 2. The van der Waals surface area contributed by atoms with E-state index in [-0.39, 0.29) is 6.61 Å². The number of para-hydroxylation sites is 1. The van der Waals surface area contributed by atoms with E-state index in [0.29, 0.717) is 23.5 Å². The minimum atomic E-state index is 0.217. The van der Waals surface area contributed by atoms with E-state index in [2.05, 4.69) is 14.9 Å². The van der Waals surface area contributed by atoms with Crippen molar-refractivity contribution in [3.63, 3.8) is 0 Å². The van der Waals surface area contributed by atoms with Crippen molar-refractivity contribution in [2.45, 2.75) is 19.4 Å². The van der Waals surface area contributed by atoms with E-state index in [1.165, 1.54) is 0 Å². The number of ether oxygens (including phenoxy) is 3. The van der Waals surface area contributed by atoms with Crippen LogP contribution in [0, 0.1) is 0 Å². The Morgan fingerprint density at radius 2 is 1.64 bits per heavy atom. The standard InChI is InChI=1S/C27H30N6O3/c1-32(2)25-20-9-5-6-10-21(20)30-27(31-25)36-17-19-16-22(29-26(28-19)33-13-7-8-14-33)18-11-12-23(34-3)24(15-18)35-4/h5-6,9-12,15-16H,7-8,13-14,17H2,1-4H3. The van der Waals surface area contributed by atoms with Gasteiger partial charge in [-0.25, -0.2) is 9.97 Å². The predicted octanol–water partition coefficient (Wildman–Crippen LogP) is 4.35. The number of nitrogens with zero attached hydrogens (tertiary/aromatic N) is 6. The Labute approximate surface area is 210 Å². The molecule has 0 spiro atoms. The highest BCUT2D eigenvalue weighted by molar-refractivity contribution is 5.89. The predicted molar refractivity (Wildman–Crippen MR) is 140 cm³/mol. The second-order valence-corrected chi connectivity index (χ2v) is 8.84. The van der Waals surface area contributed by atoms with Crippen molar-refractivity contribution in [2.24, 2.45) is 0 Å². The molecule has 1 fully saturated rings. The molecule has 9 nitrogen and oxygen atoms in total. The second kappa shape index (κ2) is 10.2. The maximum atomic E-state index is 6.08. The van der Waals surface area contributed by atoms with Gasteiger partial charge in [0.2, 0.25) is 5.95 Å². The number of methoxy groups -OCH3 is 2. The molecule has 1 saturated heterocycles. The van der Waals surface area contributed by atoms with Crippen molar-refractivity contribution >= 4 is 22.7 Å². The lowest BCUT2D eigenvalue weighted by Crippen LogP contribution is -2.21. The van der Waals surface area contributed by atoms with Crippen LogP contribution in [0.2, 0.25) is 0 Å². The van der Waals surface area contributed by atoms with Crippen LogP contribution >= 0.6 is 0 Å². The molecular weight excluding hydrogens is 456 g/mol. The third-order valence-electron chi connectivity index (χ3n) is 6.17. The molecule has 9 heteroatoms. The van der Waals surface area contributed by atoms with Gasteiger partial charge in [-0.1, -0.05) is 12.1 Å². The summed E-state index contributed by atoms with van der Waals surface area (Å²) in [6.45, 7) is 2.10. The van der Waals surface area contributed by atoms with Gasteiger partial charge >= 0.3 is 6.01 Å². The molecule has 0 bridgehead atoms. The molecule has 2 aromatic heterocycles. The Morgan fingerprint density at radius 3 is 2.39 bits per heavy atom. The van der Waals surface area contributed by atoms with Crippen LogP contribution in [-0.4, -0.2) is 61.3 Å². The molecule has 1 aliphatic rings. The van der Waals surface area contributed by atoms with Gasteiger partial charge in [0.1, 0.15) is 12.4 Å². The third kappa shape index (κ3) is 4.82. The van der Waals surface area contributed by atoms with E-state index in [4.69, 9.17) is 24.2 Å². The molecular formula is C27H30N6O3. The molecule has 2 aromatic carbocycles. The first kappa shape index (κ1) is 23.6. The largest absolute Gasteiger partial charge is 0.493 e. The lowest BCUT2D eigenvalue weighted by molar-refractivity contribution is 0.278. The van der Waals surface area contributed by atoms with Crippen molar-refractivity contribution in [1.82, 2.24) is 19.9 Å². The van der Waals surface area contributed by atoms with Gasteiger partial charge in [0.05, 0.1) is 31.1 Å². The minimum absolute atomic E-state index is 0.217. The van der Waals surface area contributed by atoms with Crippen LogP contribution < -0.4 is 24.0 Å². The summed E-state index contributed by atoms with van der Waals surface area (Å²) >= 11 is 0. The average molecular weight is 487 g/mol. The molecule has 36 heavy (non-hydrogen) atoms. The van der Waals surface area contributed by atoms with E-state index in [9.17, 15) is 0 Å². The first-order valence-electron chi connectivity index (χ1n) is 12.0. The van der Waals surface area contributed by atoms with Crippen molar-refractivity contribution in [2.75, 3.05) is 51.2 Å². The molecule has 4 aromatic rings. The first-order valence-corrected chi connectivity index (χ1v) is 12.0. The van der Waals surface area contributed by atoms with Crippen LogP contribution in [0.25, 0.3) is 22.2 Å². The molecule has 0 amide bonds. The Kier molecular flexibility index (Phi) is 6.71. The van der Waals surface area contributed by atoms with Gasteiger partial charge in [0.25, 0.3) is 0 Å². The third-order valence-corrected chi connectivity index (χ3v) is 6.17. The Morgan fingerprint density at radius 1 is 0.861 bits per heavy atom. The molecule has 0 atom stereocenters. The lowest BCUT2D eigenvalue weighted by atomic mass is 10.1. The topological polar surface area (TPSA) is 85.7 Å². The molecule has 0 N–H and O–H groups in total. The van der Waals surface area contributed by atoms with E-state index in [1.54, 1.807) is 14.2 Å². The van der Waals surface area contributed by atoms with Gasteiger partial charge in [-0.05, 0) is 49.2 Å². The van der Waals surface area contributed by atoms with Crippen molar-refractivity contribution < 1.29 is 14.2 Å². The van der Waals surface area contributed by atoms with Gasteiger partial charge in [-0.15, -0.1) is 0 Å². The fraction of sp³-hybridized carbons (Fsp3) is 0.333. The minimum Gasteiger partial charge on any atom is -0.493 e. The average Bonchev–Trinajstić information content (AvgIpc) is 3.46. The zero-order valence-corrected chi connectivity index (χ0v) is 21.1. The van der Waals surface area contributed by atoms with Crippen LogP contribution in [0.4, 0.5) is 11.8 Å². The quantitative estimate of drug-likeness (QED) is 0.361. The molecule has 0 unspecified atom stereocenters. The van der Waals surface area contributed by atoms with Crippen molar-refractivity contribution in [3.8, 4) is 28.8 Å². The van der Waals surface area contributed by atoms with E-state index < -0.39 is 0 Å². The van der Waals surface area contributed by atoms with E-state index in [0.717, 1.165) is 59.6 Å². The van der Waals surface area contributed by atoms with Crippen LogP contribution in [0.5, 0.6) is 17.5 Å². The van der Waals surface area contributed by atoms with Gasteiger partial charge in [-0.2, -0.15) is 9.97 Å². The van der Waals surface area contributed by atoms with Gasteiger partial charge in [-0.3, -0.25) is 0 Å². The maximum absolute atomic E-state index is 6.08. The summed E-state index contributed by atoms with van der Waals surface area (Å²) < 4.78 is 17.0. The van der Waals surface area contributed by atoms with Crippen LogP contribution in [0.15, 0.2) is 48.5 Å². The monoisotopic (exact) mass is 486 g/mol. The second-order valence-electron chi connectivity index (χ2n) is 8.84. The van der Waals surface area contributed by atoms with Crippen LogP contribution in [-0.2, 0) is 6.61 Å². The SMILES string of the molecule is COc1ccc(-c2cc(COc3nc(N(C)C)c4ccccc4n3)nc(N3CCCC3)n2)cc1OC. The van der Waals surface area contributed by atoms with Gasteiger partial charge < -0.3 is 24.0 Å². The zero-order valence-electron chi connectivity index (χ0n) is 21.1. The molecule has 3 heterocycles. The molecule has 0 aliphatic carbocycles. The summed E-state index contributed by atoms with van der Waals surface area (Å²) in [7, 11) is 7.17. The Balaban J connectivity index is 1.49. The number of hydrogen-bond acceptors (Lipinski definition) is 9. The summed E-state index contributed by atoms with van der Waals surface area (Å²) in [5.74, 6) is 2.83. The van der Waals surface area contributed by atoms with Crippen LogP contribution in [0.3, 0.4) is 0 Å². The first-order chi connectivity index (χ1) is 17.6. The van der Waals surface area contributed by atoms with E-state index >= 15 is 0 Å². The molecule has 5 rings (SSSR count). The molecule has 0 radical (unpaired) electrons. The zero-order chi connectivity index (χ0) is 25.1. The maximum Gasteiger partial charge on any atom is 0.319 e. The number of fused-ring (bicyclic) bond motifs is 1. The number of hydrogen-bond donors (Lipinski definition) is 0. The number of rotatable bonds is 8. The highest BCUT2D eigenvalue weighted by Gasteiger charge is 2.19. The normalized spacial score (nSPS) is 13.2. The van der Waals surface area contributed by atoms with E-state index in [1.807, 2.05) is 67.5 Å². The van der Waals surface area contributed by atoms with Crippen LogP contribution in [0.1, 0.15) is 18.5 Å². The molecule has 0 saturated carbocycles. The highest BCUT2D eigenvalue weighted by atomic mass is 16.5.